The Labute approximate surface area is 98.6 Å². The van der Waals surface area contributed by atoms with E-state index < -0.39 is 39.6 Å². The summed E-state index contributed by atoms with van der Waals surface area (Å²) in [5, 5.41) is -4.93. The molecule has 1 aliphatic rings. The maximum absolute atomic E-state index is 13.4. The lowest BCUT2D eigenvalue weighted by Gasteiger charge is -2.20. The van der Waals surface area contributed by atoms with Crippen LogP contribution in [0.2, 0.25) is 0 Å². The van der Waals surface area contributed by atoms with E-state index >= 15 is 0 Å². The molecule has 1 N–H and O–H groups in total. The van der Waals surface area contributed by atoms with E-state index in [-0.39, 0.29) is 13.0 Å². The molecule has 18 heavy (non-hydrogen) atoms. The largest absolute Gasteiger partial charge is 0.463 e. The van der Waals surface area contributed by atoms with E-state index in [1.165, 1.54) is 0 Å². The molecule has 1 heterocycles. The maximum Gasteiger partial charge on any atom is 0.388 e. The van der Waals surface area contributed by atoms with Gasteiger partial charge in [0.25, 0.3) is 6.43 Å². The highest BCUT2D eigenvalue weighted by Gasteiger charge is 2.62. The molecular formula is C7H7F3O7S. The Kier molecular flexibility index (Phi) is 3.86. The van der Waals surface area contributed by atoms with Crippen molar-refractivity contribution in [3.63, 3.8) is 0 Å². The standard InChI is InChI=1S/C7H7F3O7S/c8-5(9)7(10,18(13,14)15)6(12)17-3-1-2-16-4(3)11/h3,5H,1-2H2,(H,13,14,15). The minimum atomic E-state index is -6.07. The Hall–Kier alpha value is -1.36. The number of hydrogen-bond acceptors (Lipinski definition) is 6. The summed E-state index contributed by atoms with van der Waals surface area (Å²) in [6.45, 7) is -0.184. The van der Waals surface area contributed by atoms with Gasteiger partial charge in [0.05, 0.1) is 6.61 Å². The summed E-state index contributed by atoms with van der Waals surface area (Å²) in [5.74, 6) is -3.68. The molecule has 104 valence electrons. The van der Waals surface area contributed by atoms with Gasteiger partial charge in [0.1, 0.15) is 0 Å². The van der Waals surface area contributed by atoms with Crippen LogP contribution in [-0.4, -0.2) is 49.0 Å². The minimum Gasteiger partial charge on any atom is -0.463 e. The molecule has 0 spiro atoms. The van der Waals surface area contributed by atoms with Crippen LogP contribution in [0.25, 0.3) is 0 Å². The fourth-order valence-corrected chi connectivity index (χ4v) is 1.58. The van der Waals surface area contributed by atoms with Gasteiger partial charge in [-0.3, -0.25) is 4.55 Å². The number of alkyl halides is 3. The first-order chi connectivity index (χ1) is 8.10. The van der Waals surface area contributed by atoms with Crippen LogP contribution in [0, 0.1) is 0 Å². The topological polar surface area (TPSA) is 107 Å². The van der Waals surface area contributed by atoms with Crippen molar-refractivity contribution in [3.8, 4) is 0 Å². The number of esters is 2. The SMILES string of the molecule is O=C1OCCC1OC(=O)C(F)(C(F)F)S(=O)(=O)O. The van der Waals surface area contributed by atoms with Gasteiger partial charge in [-0.05, 0) is 0 Å². The van der Waals surface area contributed by atoms with E-state index in [4.69, 9.17) is 4.55 Å². The van der Waals surface area contributed by atoms with Crippen molar-refractivity contribution in [2.24, 2.45) is 0 Å². The first-order valence-electron chi connectivity index (χ1n) is 4.42. The third-order valence-corrected chi connectivity index (χ3v) is 3.17. The average Bonchev–Trinajstić information content (AvgIpc) is 2.61. The Balaban J connectivity index is 2.95. The van der Waals surface area contributed by atoms with Crippen molar-refractivity contribution in [2.75, 3.05) is 6.61 Å². The Morgan fingerprint density at radius 1 is 1.56 bits per heavy atom. The third kappa shape index (κ3) is 2.41. The van der Waals surface area contributed by atoms with E-state index in [1.807, 2.05) is 0 Å². The maximum atomic E-state index is 13.4. The van der Waals surface area contributed by atoms with Crippen LogP contribution in [0.3, 0.4) is 0 Å². The van der Waals surface area contributed by atoms with E-state index in [0.717, 1.165) is 0 Å². The van der Waals surface area contributed by atoms with Crippen LogP contribution in [0.15, 0.2) is 0 Å². The molecule has 1 fully saturated rings. The molecular weight excluding hydrogens is 285 g/mol. The van der Waals surface area contributed by atoms with Crippen LogP contribution >= 0.6 is 0 Å². The fraction of sp³-hybridized carbons (Fsp3) is 0.714. The molecule has 1 saturated heterocycles. The number of rotatable bonds is 4. The van der Waals surface area contributed by atoms with Crippen molar-refractivity contribution in [3.05, 3.63) is 0 Å². The molecule has 0 aromatic carbocycles. The highest BCUT2D eigenvalue weighted by Crippen LogP contribution is 2.29. The number of halogens is 3. The number of hydrogen-bond donors (Lipinski definition) is 1. The van der Waals surface area contributed by atoms with Crippen LogP contribution in [0.4, 0.5) is 13.2 Å². The molecule has 0 amide bonds. The van der Waals surface area contributed by atoms with Crippen LogP contribution < -0.4 is 0 Å². The van der Waals surface area contributed by atoms with Crippen molar-refractivity contribution >= 4 is 22.1 Å². The Morgan fingerprint density at radius 2 is 2.11 bits per heavy atom. The molecule has 1 rings (SSSR count). The normalized spacial score (nSPS) is 23.6. The summed E-state index contributed by atoms with van der Waals surface area (Å²) in [7, 11) is -6.07. The molecule has 0 bridgehead atoms. The van der Waals surface area contributed by atoms with Crippen molar-refractivity contribution in [2.45, 2.75) is 24.0 Å². The molecule has 0 aliphatic carbocycles. The first-order valence-corrected chi connectivity index (χ1v) is 5.86. The van der Waals surface area contributed by atoms with E-state index in [0.29, 0.717) is 0 Å². The lowest BCUT2D eigenvalue weighted by atomic mass is 10.3. The van der Waals surface area contributed by atoms with Gasteiger partial charge in [-0.25, -0.2) is 22.8 Å². The summed E-state index contributed by atoms with van der Waals surface area (Å²) in [6, 6.07) is 0. The molecule has 2 atom stereocenters. The number of cyclic esters (lactones) is 1. The van der Waals surface area contributed by atoms with Gasteiger partial charge in [-0.1, -0.05) is 0 Å². The quantitative estimate of drug-likeness (QED) is 0.558. The molecule has 0 saturated carbocycles. The molecule has 11 heteroatoms. The van der Waals surface area contributed by atoms with Crippen molar-refractivity contribution < 1.29 is 45.2 Å². The van der Waals surface area contributed by atoms with Gasteiger partial charge in [0.2, 0.25) is 6.10 Å². The summed E-state index contributed by atoms with van der Waals surface area (Å²) in [5.41, 5.74) is 0. The van der Waals surface area contributed by atoms with Gasteiger partial charge in [0, 0.05) is 6.42 Å². The van der Waals surface area contributed by atoms with E-state index in [2.05, 4.69) is 9.47 Å². The van der Waals surface area contributed by atoms with E-state index in [9.17, 15) is 31.2 Å². The Morgan fingerprint density at radius 3 is 2.44 bits per heavy atom. The third-order valence-electron chi connectivity index (χ3n) is 2.07. The summed E-state index contributed by atoms with van der Waals surface area (Å²) >= 11 is 0. The van der Waals surface area contributed by atoms with Gasteiger partial charge in [0.15, 0.2) is 0 Å². The lowest BCUT2D eigenvalue weighted by Crippen LogP contribution is -2.50. The Bertz CT molecular complexity index is 462. The zero-order valence-electron chi connectivity index (χ0n) is 8.51. The number of carbonyl (C=O) groups is 2. The highest BCUT2D eigenvalue weighted by atomic mass is 32.2. The van der Waals surface area contributed by atoms with Gasteiger partial charge >= 0.3 is 27.1 Å². The highest BCUT2D eigenvalue weighted by molar-refractivity contribution is 7.88. The fourth-order valence-electron chi connectivity index (χ4n) is 1.10. The molecule has 7 nitrogen and oxygen atoms in total. The van der Waals surface area contributed by atoms with Gasteiger partial charge in [-0.15, -0.1) is 0 Å². The van der Waals surface area contributed by atoms with Crippen LogP contribution in [-0.2, 0) is 29.2 Å². The van der Waals surface area contributed by atoms with Crippen molar-refractivity contribution in [1.82, 2.24) is 0 Å². The second-order valence-electron chi connectivity index (χ2n) is 3.27. The van der Waals surface area contributed by atoms with Gasteiger partial charge < -0.3 is 9.47 Å². The van der Waals surface area contributed by atoms with Gasteiger partial charge in [-0.2, -0.15) is 8.42 Å². The minimum absolute atomic E-state index is 0.184. The molecule has 2 unspecified atom stereocenters. The van der Waals surface area contributed by atoms with Crippen LogP contribution in [0.5, 0.6) is 0 Å². The molecule has 0 aromatic rings. The summed E-state index contributed by atoms with van der Waals surface area (Å²) < 4.78 is 75.4. The predicted octanol–water partition coefficient (Wildman–Crippen LogP) is -0.336. The summed E-state index contributed by atoms with van der Waals surface area (Å²) in [4.78, 5) is 21.9. The smallest absolute Gasteiger partial charge is 0.388 e. The first kappa shape index (κ1) is 14.7. The van der Waals surface area contributed by atoms with Crippen LogP contribution in [0.1, 0.15) is 6.42 Å². The predicted molar refractivity (Wildman–Crippen MR) is 46.8 cm³/mol. The molecule has 0 aromatic heterocycles. The monoisotopic (exact) mass is 292 g/mol. The lowest BCUT2D eigenvalue weighted by molar-refractivity contribution is -0.171. The number of carbonyl (C=O) groups excluding carboxylic acids is 2. The second-order valence-corrected chi connectivity index (χ2v) is 4.82. The van der Waals surface area contributed by atoms with Crippen molar-refractivity contribution in [1.29, 1.82) is 0 Å². The second kappa shape index (κ2) is 4.72. The zero-order valence-corrected chi connectivity index (χ0v) is 9.32. The number of ether oxygens (including phenoxy) is 2. The molecule has 1 aliphatic heterocycles. The molecule has 0 radical (unpaired) electrons. The zero-order chi connectivity index (χ0) is 14.1. The average molecular weight is 292 g/mol. The van der Waals surface area contributed by atoms with E-state index in [1.54, 1.807) is 0 Å². The summed E-state index contributed by atoms with van der Waals surface area (Å²) in [6.07, 6.45) is -6.28.